The van der Waals surface area contributed by atoms with Crippen molar-refractivity contribution in [2.75, 3.05) is 5.32 Å². The number of aromatic nitrogens is 1. The molecule has 17 heavy (non-hydrogen) atoms. The molecule has 1 amide bonds. The number of amides is 1. The third kappa shape index (κ3) is 4.11. The Morgan fingerprint density at radius 3 is 2.59 bits per heavy atom. The minimum absolute atomic E-state index is 0.371. The summed E-state index contributed by atoms with van der Waals surface area (Å²) in [5.41, 5.74) is 0.506. The molecule has 0 saturated heterocycles. The van der Waals surface area contributed by atoms with Crippen molar-refractivity contribution >= 4 is 11.9 Å². The van der Waals surface area contributed by atoms with E-state index in [0.717, 1.165) is 0 Å². The number of rotatable bonds is 1. The van der Waals surface area contributed by atoms with Gasteiger partial charge in [-0.2, -0.15) is 5.26 Å². The van der Waals surface area contributed by atoms with Crippen molar-refractivity contribution in [3.63, 3.8) is 0 Å². The third-order valence-electron chi connectivity index (χ3n) is 1.84. The molecule has 1 rings (SSSR count). The summed E-state index contributed by atoms with van der Waals surface area (Å²) in [7, 11) is 0. The van der Waals surface area contributed by atoms with Crippen LogP contribution in [0.5, 0.6) is 0 Å². The largest absolute Gasteiger partial charge is 0.444 e. The molecule has 0 unspecified atom stereocenters. The maximum atomic E-state index is 11.5. The van der Waals surface area contributed by atoms with Crippen molar-refractivity contribution in [1.82, 2.24) is 4.98 Å². The Balaban J connectivity index is 2.74. The van der Waals surface area contributed by atoms with Crippen molar-refractivity contribution in [3.05, 3.63) is 23.4 Å². The second-order valence-electron chi connectivity index (χ2n) is 4.57. The molecule has 0 aliphatic heterocycles. The van der Waals surface area contributed by atoms with Gasteiger partial charge in [-0.15, -0.1) is 0 Å². The Bertz CT molecular complexity index is 470. The maximum absolute atomic E-state index is 11.5. The van der Waals surface area contributed by atoms with Crippen LogP contribution in [-0.4, -0.2) is 16.7 Å². The maximum Gasteiger partial charge on any atom is 0.413 e. The third-order valence-corrected chi connectivity index (χ3v) is 1.84. The number of anilines is 1. The summed E-state index contributed by atoms with van der Waals surface area (Å²) in [6.45, 7) is 7.05. The molecule has 0 radical (unpaired) electrons. The number of pyridine rings is 1. The summed E-state index contributed by atoms with van der Waals surface area (Å²) < 4.78 is 5.08. The second-order valence-corrected chi connectivity index (χ2v) is 4.57. The molecular formula is C12H15N3O2. The van der Waals surface area contributed by atoms with Gasteiger partial charge in [0, 0.05) is 0 Å². The van der Waals surface area contributed by atoms with Crippen LogP contribution in [0.25, 0.3) is 0 Å². The zero-order valence-electron chi connectivity index (χ0n) is 10.4. The van der Waals surface area contributed by atoms with E-state index in [4.69, 9.17) is 10.00 Å². The molecule has 0 saturated carbocycles. The molecule has 0 fully saturated rings. The molecule has 0 spiro atoms. The van der Waals surface area contributed by atoms with E-state index in [-0.39, 0.29) is 0 Å². The Kier molecular flexibility index (Phi) is 3.69. The molecule has 0 aromatic carbocycles. The lowest BCUT2D eigenvalue weighted by Gasteiger charge is -2.19. The Morgan fingerprint density at radius 1 is 1.47 bits per heavy atom. The van der Waals surface area contributed by atoms with Crippen LogP contribution in [0.15, 0.2) is 12.1 Å². The molecule has 0 aliphatic carbocycles. The van der Waals surface area contributed by atoms with Gasteiger partial charge in [0.15, 0.2) is 0 Å². The average Bonchev–Trinajstić information content (AvgIpc) is 2.14. The SMILES string of the molecule is Cc1nc(NC(=O)OC(C)(C)C)ccc1C#N. The van der Waals surface area contributed by atoms with Crippen molar-refractivity contribution in [2.45, 2.75) is 33.3 Å². The minimum atomic E-state index is -0.561. The van der Waals surface area contributed by atoms with E-state index in [1.165, 1.54) is 0 Å². The lowest BCUT2D eigenvalue weighted by molar-refractivity contribution is 0.0635. The van der Waals surface area contributed by atoms with Gasteiger partial charge in [-0.05, 0) is 39.8 Å². The number of ether oxygens (including phenoxy) is 1. The highest BCUT2D eigenvalue weighted by molar-refractivity contribution is 5.83. The smallest absolute Gasteiger partial charge is 0.413 e. The highest BCUT2D eigenvalue weighted by atomic mass is 16.6. The van der Waals surface area contributed by atoms with Gasteiger partial charge in [0.2, 0.25) is 0 Å². The van der Waals surface area contributed by atoms with Crippen molar-refractivity contribution < 1.29 is 9.53 Å². The number of carbonyl (C=O) groups excluding carboxylic acids is 1. The van der Waals surface area contributed by atoms with Crippen LogP contribution in [-0.2, 0) is 4.74 Å². The predicted molar refractivity (Wildman–Crippen MR) is 63.5 cm³/mol. The molecule has 0 aliphatic rings. The zero-order chi connectivity index (χ0) is 13.1. The first-order valence-electron chi connectivity index (χ1n) is 5.19. The zero-order valence-corrected chi connectivity index (χ0v) is 10.4. The van der Waals surface area contributed by atoms with Crippen molar-refractivity contribution in [2.24, 2.45) is 0 Å². The normalized spacial score (nSPS) is 10.5. The lowest BCUT2D eigenvalue weighted by Crippen LogP contribution is -2.27. The quantitative estimate of drug-likeness (QED) is 0.809. The van der Waals surface area contributed by atoms with E-state index in [1.54, 1.807) is 39.8 Å². The monoisotopic (exact) mass is 233 g/mol. The van der Waals surface area contributed by atoms with Crippen LogP contribution in [0.2, 0.25) is 0 Å². The van der Waals surface area contributed by atoms with Gasteiger partial charge in [-0.1, -0.05) is 0 Å². The standard InChI is InChI=1S/C12H15N3O2/c1-8-9(7-13)5-6-10(14-8)15-11(16)17-12(2,3)4/h5-6H,1-4H3,(H,14,15,16). The van der Waals surface area contributed by atoms with Crippen LogP contribution in [0.3, 0.4) is 0 Å². The number of carbonyl (C=O) groups is 1. The predicted octanol–water partition coefficient (Wildman–Crippen LogP) is 2.61. The summed E-state index contributed by atoms with van der Waals surface area (Å²) in [5, 5.41) is 11.3. The fourth-order valence-corrected chi connectivity index (χ4v) is 1.16. The van der Waals surface area contributed by atoms with Crippen LogP contribution < -0.4 is 5.32 Å². The van der Waals surface area contributed by atoms with Gasteiger partial charge in [-0.25, -0.2) is 9.78 Å². The summed E-state index contributed by atoms with van der Waals surface area (Å²) in [5.74, 6) is 0.371. The Morgan fingerprint density at radius 2 is 2.12 bits per heavy atom. The fraction of sp³-hybridized carbons (Fsp3) is 0.417. The highest BCUT2D eigenvalue weighted by Crippen LogP contribution is 2.12. The first-order valence-corrected chi connectivity index (χ1v) is 5.19. The van der Waals surface area contributed by atoms with E-state index in [9.17, 15) is 4.79 Å². The van der Waals surface area contributed by atoms with Gasteiger partial charge in [0.25, 0.3) is 0 Å². The minimum Gasteiger partial charge on any atom is -0.444 e. The van der Waals surface area contributed by atoms with Crippen LogP contribution in [0.1, 0.15) is 32.0 Å². The molecule has 5 nitrogen and oxygen atoms in total. The summed E-state index contributed by atoms with van der Waals surface area (Å²) in [6, 6.07) is 5.18. The molecule has 1 aromatic rings. The van der Waals surface area contributed by atoms with Crippen LogP contribution in [0, 0.1) is 18.3 Å². The highest BCUT2D eigenvalue weighted by Gasteiger charge is 2.16. The van der Waals surface area contributed by atoms with Crippen LogP contribution >= 0.6 is 0 Å². The fourth-order valence-electron chi connectivity index (χ4n) is 1.16. The molecule has 0 bridgehead atoms. The summed E-state index contributed by atoms with van der Waals surface area (Å²) in [6.07, 6.45) is -0.561. The molecular weight excluding hydrogens is 218 g/mol. The number of nitrogens with zero attached hydrogens (tertiary/aromatic N) is 2. The average molecular weight is 233 g/mol. The van der Waals surface area contributed by atoms with Gasteiger partial charge in [0.05, 0.1) is 11.3 Å². The van der Waals surface area contributed by atoms with Gasteiger partial charge >= 0.3 is 6.09 Å². The van der Waals surface area contributed by atoms with Gasteiger partial charge in [0.1, 0.15) is 17.5 Å². The molecule has 1 N–H and O–H groups in total. The van der Waals surface area contributed by atoms with E-state index in [1.807, 2.05) is 6.07 Å². The molecule has 5 heteroatoms. The number of hydrogen-bond acceptors (Lipinski definition) is 4. The van der Waals surface area contributed by atoms with Crippen molar-refractivity contribution in [1.29, 1.82) is 5.26 Å². The van der Waals surface area contributed by atoms with E-state index in [2.05, 4.69) is 10.3 Å². The number of aryl methyl sites for hydroxylation is 1. The second kappa shape index (κ2) is 4.83. The first-order chi connectivity index (χ1) is 7.81. The first kappa shape index (κ1) is 13.0. The molecule has 1 heterocycles. The summed E-state index contributed by atoms with van der Waals surface area (Å²) in [4.78, 5) is 15.5. The molecule has 90 valence electrons. The van der Waals surface area contributed by atoms with Gasteiger partial charge in [-0.3, -0.25) is 5.32 Å². The van der Waals surface area contributed by atoms with Gasteiger partial charge < -0.3 is 4.74 Å². The van der Waals surface area contributed by atoms with Crippen LogP contribution in [0.4, 0.5) is 10.6 Å². The molecule has 1 aromatic heterocycles. The van der Waals surface area contributed by atoms with E-state index < -0.39 is 11.7 Å². The topological polar surface area (TPSA) is 75.0 Å². The summed E-state index contributed by atoms with van der Waals surface area (Å²) >= 11 is 0. The number of hydrogen-bond donors (Lipinski definition) is 1. The number of nitriles is 1. The lowest BCUT2D eigenvalue weighted by atomic mass is 10.2. The van der Waals surface area contributed by atoms with E-state index in [0.29, 0.717) is 17.1 Å². The Hall–Kier alpha value is -2.09. The number of nitrogens with one attached hydrogen (secondary N) is 1. The molecule has 0 atom stereocenters. The van der Waals surface area contributed by atoms with Crippen molar-refractivity contribution in [3.8, 4) is 6.07 Å². The van der Waals surface area contributed by atoms with E-state index >= 15 is 0 Å². The Labute approximate surface area is 100 Å².